The van der Waals surface area contributed by atoms with Crippen LogP contribution in [0.1, 0.15) is 38.9 Å². The van der Waals surface area contributed by atoms with E-state index >= 15 is 0 Å². The monoisotopic (exact) mass is 308 g/mol. The van der Waals surface area contributed by atoms with Crippen LogP contribution in [0, 0.1) is 12.8 Å². The summed E-state index contributed by atoms with van der Waals surface area (Å²) < 4.78 is 4.91. The second-order valence-corrected chi connectivity index (χ2v) is 6.82. The second-order valence-electron chi connectivity index (χ2n) is 6.82. The van der Waals surface area contributed by atoms with E-state index in [1.54, 1.807) is 23.8 Å². The molecule has 7 heteroatoms. The van der Waals surface area contributed by atoms with Gasteiger partial charge in [0.2, 0.25) is 17.7 Å². The number of carbonyl (C=O) groups is 2. The van der Waals surface area contributed by atoms with Crippen molar-refractivity contribution >= 4 is 11.8 Å². The van der Waals surface area contributed by atoms with Crippen molar-refractivity contribution in [3.05, 3.63) is 11.7 Å². The second kappa shape index (κ2) is 6.06. The summed E-state index contributed by atoms with van der Waals surface area (Å²) in [7, 11) is 1.75. The van der Waals surface area contributed by atoms with E-state index in [0.29, 0.717) is 37.6 Å². The van der Waals surface area contributed by atoms with Crippen molar-refractivity contribution in [3.63, 3.8) is 0 Å². The maximum absolute atomic E-state index is 12.5. The van der Waals surface area contributed by atoms with Gasteiger partial charge in [-0.25, -0.2) is 0 Å². The van der Waals surface area contributed by atoms with Crippen molar-refractivity contribution in [2.75, 3.05) is 20.1 Å². The summed E-state index contributed by atoms with van der Waals surface area (Å²) in [5, 5.41) is 3.81. The minimum absolute atomic E-state index is 0.000293. The van der Waals surface area contributed by atoms with E-state index < -0.39 is 0 Å². The average molecular weight is 308 g/mol. The van der Waals surface area contributed by atoms with Crippen LogP contribution in [0.3, 0.4) is 0 Å². The molecule has 0 bridgehead atoms. The van der Waals surface area contributed by atoms with Gasteiger partial charge in [0.05, 0.1) is 5.92 Å². The first kappa shape index (κ1) is 16.5. The maximum Gasteiger partial charge on any atom is 0.227 e. The first-order valence-corrected chi connectivity index (χ1v) is 7.53. The van der Waals surface area contributed by atoms with Gasteiger partial charge in [-0.1, -0.05) is 5.16 Å². The highest BCUT2D eigenvalue weighted by Gasteiger charge is 2.40. The molecule has 0 aliphatic carbocycles. The summed E-state index contributed by atoms with van der Waals surface area (Å²) in [6.45, 7) is 8.70. The van der Waals surface area contributed by atoms with Crippen molar-refractivity contribution in [3.8, 4) is 0 Å². The van der Waals surface area contributed by atoms with Crippen LogP contribution in [0.5, 0.6) is 0 Å². The lowest BCUT2D eigenvalue weighted by molar-refractivity contribution is -0.134. The molecule has 2 amide bonds. The Hall–Kier alpha value is -1.92. The van der Waals surface area contributed by atoms with Gasteiger partial charge in [0.1, 0.15) is 0 Å². The topological polar surface area (TPSA) is 79.5 Å². The maximum atomic E-state index is 12.5. The molecule has 0 saturated carbocycles. The van der Waals surface area contributed by atoms with Gasteiger partial charge < -0.3 is 14.3 Å². The van der Waals surface area contributed by atoms with Crippen molar-refractivity contribution in [2.24, 2.45) is 5.92 Å². The SMILES string of the molecule is Cc1nc(CCN(C)C(=O)[C@H]2CC(=O)N(C(C)(C)C)C2)no1. The molecular formula is C15H24N4O3. The highest BCUT2D eigenvalue weighted by atomic mass is 16.5. The Morgan fingerprint density at radius 3 is 2.64 bits per heavy atom. The van der Waals surface area contributed by atoms with Crippen LogP contribution >= 0.6 is 0 Å². The Bertz CT molecular complexity index is 561. The number of nitrogens with zero attached hydrogens (tertiary/aromatic N) is 4. The van der Waals surface area contributed by atoms with E-state index in [1.165, 1.54) is 0 Å². The molecule has 0 N–H and O–H groups in total. The summed E-state index contributed by atoms with van der Waals surface area (Å²) in [5.41, 5.74) is -0.243. The van der Waals surface area contributed by atoms with Crippen LogP contribution in [-0.2, 0) is 16.0 Å². The normalized spacial score (nSPS) is 18.9. The van der Waals surface area contributed by atoms with Gasteiger partial charge in [-0.05, 0) is 20.8 Å². The summed E-state index contributed by atoms with van der Waals surface area (Å²) >= 11 is 0. The van der Waals surface area contributed by atoms with Crippen molar-refractivity contribution in [1.82, 2.24) is 19.9 Å². The Balaban J connectivity index is 1.90. The molecule has 0 aromatic carbocycles. The van der Waals surface area contributed by atoms with Crippen LogP contribution in [0.2, 0.25) is 0 Å². The van der Waals surface area contributed by atoms with Gasteiger partial charge in [0.15, 0.2) is 5.82 Å². The fourth-order valence-corrected chi connectivity index (χ4v) is 2.65. The molecule has 1 fully saturated rings. The number of rotatable bonds is 4. The van der Waals surface area contributed by atoms with Crippen molar-refractivity contribution in [2.45, 2.75) is 46.1 Å². The predicted octanol–water partition coefficient (Wildman–Crippen LogP) is 1.03. The summed E-state index contributed by atoms with van der Waals surface area (Å²) in [6.07, 6.45) is 0.838. The third-order valence-electron chi connectivity index (χ3n) is 3.90. The molecule has 1 atom stereocenters. The first-order valence-electron chi connectivity index (χ1n) is 7.53. The molecule has 2 rings (SSSR count). The molecule has 1 aromatic rings. The lowest BCUT2D eigenvalue weighted by atomic mass is 10.1. The van der Waals surface area contributed by atoms with Gasteiger partial charge in [-0.3, -0.25) is 9.59 Å². The van der Waals surface area contributed by atoms with E-state index in [9.17, 15) is 9.59 Å². The zero-order valence-corrected chi connectivity index (χ0v) is 13.9. The third kappa shape index (κ3) is 3.64. The quantitative estimate of drug-likeness (QED) is 0.830. The molecule has 1 aliphatic rings. The first-order chi connectivity index (χ1) is 10.2. The number of amides is 2. The molecule has 0 spiro atoms. The summed E-state index contributed by atoms with van der Waals surface area (Å²) in [5.74, 6) is 0.902. The average Bonchev–Trinajstić information content (AvgIpc) is 3.00. The molecule has 0 radical (unpaired) electrons. The standard InChI is InChI=1S/C15H24N4O3/c1-10-16-12(17-22-10)6-7-18(5)14(21)11-8-13(20)19(9-11)15(2,3)4/h11H,6-9H2,1-5H3/t11-/m0/s1. The molecule has 1 aliphatic heterocycles. The number of aromatic nitrogens is 2. The van der Waals surface area contributed by atoms with Gasteiger partial charge in [0.25, 0.3) is 0 Å². The molecule has 22 heavy (non-hydrogen) atoms. The molecule has 7 nitrogen and oxygen atoms in total. The Kier molecular flexibility index (Phi) is 4.53. The Labute approximate surface area is 130 Å². The van der Waals surface area contributed by atoms with Crippen LogP contribution in [-0.4, -0.2) is 57.4 Å². The van der Waals surface area contributed by atoms with Gasteiger partial charge in [0, 0.05) is 45.4 Å². The molecule has 122 valence electrons. The molecular weight excluding hydrogens is 284 g/mol. The minimum atomic E-state index is -0.260. The highest BCUT2D eigenvalue weighted by molar-refractivity contribution is 5.89. The van der Waals surface area contributed by atoms with Crippen LogP contribution in [0.4, 0.5) is 0 Å². The van der Waals surface area contributed by atoms with E-state index in [4.69, 9.17) is 4.52 Å². The highest BCUT2D eigenvalue weighted by Crippen LogP contribution is 2.26. The lowest BCUT2D eigenvalue weighted by Crippen LogP contribution is -2.43. The van der Waals surface area contributed by atoms with Crippen molar-refractivity contribution < 1.29 is 14.1 Å². The van der Waals surface area contributed by atoms with Gasteiger partial charge in [-0.2, -0.15) is 4.98 Å². The van der Waals surface area contributed by atoms with Crippen LogP contribution < -0.4 is 0 Å². The van der Waals surface area contributed by atoms with Gasteiger partial charge >= 0.3 is 0 Å². The van der Waals surface area contributed by atoms with Crippen LogP contribution in [0.15, 0.2) is 4.52 Å². The Morgan fingerprint density at radius 2 is 2.14 bits per heavy atom. The summed E-state index contributed by atoms with van der Waals surface area (Å²) in [6, 6.07) is 0. The van der Waals surface area contributed by atoms with Crippen LogP contribution in [0.25, 0.3) is 0 Å². The molecule has 2 heterocycles. The van der Waals surface area contributed by atoms with Crippen molar-refractivity contribution in [1.29, 1.82) is 0 Å². The molecule has 1 aromatic heterocycles. The number of carbonyl (C=O) groups excluding carboxylic acids is 2. The fourth-order valence-electron chi connectivity index (χ4n) is 2.65. The van der Waals surface area contributed by atoms with E-state index in [1.807, 2.05) is 20.8 Å². The molecule has 1 saturated heterocycles. The van der Waals surface area contributed by atoms with E-state index in [-0.39, 0.29) is 23.3 Å². The zero-order valence-electron chi connectivity index (χ0n) is 13.9. The molecule has 0 unspecified atom stereocenters. The fraction of sp³-hybridized carbons (Fsp3) is 0.733. The number of hydrogen-bond acceptors (Lipinski definition) is 5. The minimum Gasteiger partial charge on any atom is -0.345 e. The number of likely N-dealkylation sites (tertiary alicyclic amines) is 1. The lowest BCUT2D eigenvalue weighted by Gasteiger charge is -2.32. The predicted molar refractivity (Wildman–Crippen MR) is 79.9 cm³/mol. The number of aryl methyl sites for hydroxylation is 1. The Morgan fingerprint density at radius 1 is 1.45 bits per heavy atom. The third-order valence-corrected chi connectivity index (χ3v) is 3.90. The van der Waals surface area contributed by atoms with E-state index in [0.717, 1.165) is 0 Å². The largest absolute Gasteiger partial charge is 0.345 e. The van der Waals surface area contributed by atoms with E-state index in [2.05, 4.69) is 10.1 Å². The smallest absolute Gasteiger partial charge is 0.227 e. The van der Waals surface area contributed by atoms with Gasteiger partial charge in [-0.15, -0.1) is 0 Å². The number of hydrogen-bond donors (Lipinski definition) is 0. The number of likely N-dealkylation sites (N-methyl/N-ethyl adjacent to an activating group) is 1. The zero-order chi connectivity index (χ0) is 16.5. The summed E-state index contributed by atoms with van der Waals surface area (Å²) in [4.78, 5) is 32.1.